The van der Waals surface area contributed by atoms with E-state index in [4.69, 9.17) is 4.42 Å². The first-order valence-electron chi connectivity index (χ1n) is 3.94. The summed E-state index contributed by atoms with van der Waals surface area (Å²) in [6.45, 7) is 2.92. The Morgan fingerprint density at radius 3 is 3.33 bits per heavy atom. The second-order valence-corrected chi connectivity index (χ2v) is 2.91. The number of hydrogen-bond acceptors (Lipinski definition) is 3. The van der Waals surface area contributed by atoms with Crippen molar-refractivity contribution in [3.8, 4) is 0 Å². The monoisotopic (exact) mass is 166 g/mol. The molecule has 64 valence electrons. The summed E-state index contributed by atoms with van der Waals surface area (Å²) in [6.07, 6.45) is 2.23. The lowest BCUT2D eigenvalue weighted by molar-refractivity contribution is -0.129. The second-order valence-electron chi connectivity index (χ2n) is 2.91. The Kier molecular flexibility index (Phi) is 1.60. The van der Waals surface area contributed by atoms with Crippen LogP contribution in [0, 0.1) is 0 Å². The average molecular weight is 166 g/mol. The molecule has 0 unspecified atom stereocenters. The zero-order chi connectivity index (χ0) is 8.55. The van der Waals surface area contributed by atoms with Crippen LogP contribution >= 0.6 is 0 Å². The predicted molar refractivity (Wildman–Crippen MR) is 41.3 cm³/mol. The summed E-state index contributed by atoms with van der Waals surface area (Å²) in [5.41, 5.74) is 0.899. The SMILES string of the molecule is CC(=O)N1CCc2ocnc2C1. The quantitative estimate of drug-likeness (QED) is 0.566. The van der Waals surface area contributed by atoms with Crippen LogP contribution in [0.4, 0.5) is 0 Å². The van der Waals surface area contributed by atoms with Crippen LogP contribution in [0.25, 0.3) is 0 Å². The van der Waals surface area contributed by atoms with E-state index in [0.717, 1.165) is 24.4 Å². The van der Waals surface area contributed by atoms with E-state index in [9.17, 15) is 4.79 Å². The zero-order valence-corrected chi connectivity index (χ0v) is 6.91. The maximum Gasteiger partial charge on any atom is 0.219 e. The van der Waals surface area contributed by atoms with E-state index in [0.29, 0.717) is 6.54 Å². The van der Waals surface area contributed by atoms with Gasteiger partial charge in [0.15, 0.2) is 6.39 Å². The Balaban J connectivity index is 2.20. The lowest BCUT2D eigenvalue weighted by atomic mass is 10.2. The van der Waals surface area contributed by atoms with E-state index >= 15 is 0 Å². The van der Waals surface area contributed by atoms with Gasteiger partial charge in [-0.05, 0) is 0 Å². The van der Waals surface area contributed by atoms with Crippen LogP contribution in [0.1, 0.15) is 18.4 Å². The molecule has 1 aromatic heterocycles. The van der Waals surface area contributed by atoms with Crippen molar-refractivity contribution >= 4 is 5.91 Å². The number of amides is 1. The van der Waals surface area contributed by atoms with Crippen LogP contribution < -0.4 is 0 Å². The maximum absolute atomic E-state index is 11.0. The number of aromatic nitrogens is 1. The minimum atomic E-state index is 0.101. The highest BCUT2D eigenvalue weighted by atomic mass is 16.3. The number of carbonyl (C=O) groups is 1. The van der Waals surface area contributed by atoms with Crippen molar-refractivity contribution in [1.29, 1.82) is 0 Å². The van der Waals surface area contributed by atoms with Crippen molar-refractivity contribution in [2.75, 3.05) is 6.54 Å². The van der Waals surface area contributed by atoms with Gasteiger partial charge in [-0.2, -0.15) is 0 Å². The van der Waals surface area contributed by atoms with Crippen molar-refractivity contribution in [3.05, 3.63) is 17.8 Å². The largest absolute Gasteiger partial charge is 0.448 e. The van der Waals surface area contributed by atoms with Gasteiger partial charge in [0.2, 0.25) is 5.91 Å². The first kappa shape index (κ1) is 7.34. The molecule has 1 aliphatic rings. The van der Waals surface area contributed by atoms with Crippen molar-refractivity contribution in [1.82, 2.24) is 9.88 Å². The van der Waals surface area contributed by atoms with E-state index in [2.05, 4.69) is 4.98 Å². The molecule has 0 atom stereocenters. The van der Waals surface area contributed by atoms with Gasteiger partial charge < -0.3 is 9.32 Å². The van der Waals surface area contributed by atoms with Gasteiger partial charge in [-0.25, -0.2) is 4.98 Å². The summed E-state index contributed by atoms with van der Waals surface area (Å²) in [4.78, 5) is 16.8. The maximum atomic E-state index is 11.0. The molecular formula is C8H10N2O2. The molecule has 4 nitrogen and oxygen atoms in total. The lowest BCUT2D eigenvalue weighted by Crippen LogP contribution is -2.33. The van der Waals surface area contributed by atoms with Gasteiger partial charge >= 0.3 is 0 Å². The molecule has 0 fully saturated rings. The third kappa shape index (κ3) is 1.09. The van der Waals surface area contributed by atoms with E-state index in [-0.39, 0.29) is 5.91 Å². The number of oxazole rings is 1. The van der Waals surface area contributed by atoms with Gasteiger partial charge in [-0.15, -0.1) is 0 Å². The molecule has 0 N–H and O–H groups in total. The molecule has 2 heterocycles. The van der Waals surface area contributed by atoms with Crippen LogP contribution in [0.5, 0.6) is 0 Å². The third-order valence-corrected chi connectivity index (χ3v) is 2.12. The van der Waals surface area contributed by atoms with Crippen molar-refractivity contribution in [3.63, 3.8) is 0 Å². The number of carbonyl (C=O) groups excluding carboxylic acids is 1. The number of hydrogen-bond donors (Lipinski definition) is 0. The van der Waals surface area contributed by atoms with Crippen LogP contribution in [-0.4, -0.2) is 22.3 Å². The number of rotatable bonds is 0. The molecular weight excluding hydrogens is 156 g/mol. The normalized spacial score (nSPS) is 15.9. The fourth-order valence-corrected chi connectivity index (χ4v) is 1.39. The van der Waals surface area contributed by atoms with Crippen LogP contribution in [-0.2, 0) is 17.8 Å². The molecule has 12 heavy (non-hydrogen) atoms. The van der Waals surface area contributed by atoms with Gasteiger partial charge in [-0.1, -0.05) is 0 Å². The predicted octanol–water partition coefficient (Wildman–Crippen LogP) is 0.579. The zero-order valence-electron chi connectivity index (χ0n) is 6.91. The van der Waals surface area contributed by atoms with E-state index in [1.54, 1.807) is 11.8 Å². The molecule has 1 aliphatic heterocycles. The summed E-state index contributed by atoms with van der Waals surface area (Å²) in [7, 11) is 0. The van der Waals surface area contributed by atoms with Crippen molar-refractivity contribution in [2.24, 2.45) is 0 Å². The molecule has 0 radical (unpaired) electrons. The fraction of sp³-hybridized carbons (Fsp3) is 0.500. The van der Waals surface area contributed by atoms with Crippen LogP contribution in [0.2, 0.25) is 0 Å². The molecule has 4 heteroatoms. The highest BCUT2D eigenvalue weighted by molar-refractivity contribution is 5.73. The topological polar surface area (TPSA) is 46.3 Å². The van der Waals surface area contributed by atoms with Gasteiger partial charge in [0.25, 0.3) is 0 Å². The van der Waals surface area contributed by atoms with Crippen LogP contribution in [0.3, 0.4) is 0 Å². The average Bonchev–Trinajstić information content (AvgIpc) is 2.49. The first-order valence-corrected chi connectivity index (χ1v) is 3.94. The van der Waals surface area contributed by atoms with Gasteiger partial charge in [-0.3, -0.25) is 4.79 Å². The molecule has 0 saturated carbocycles. The molecule has 0 saturated heterocycles. The Hall–Kier alpha value is -1.32. The highest BCUT2D eigenvalue weighted by Gasteiger charge is 2.20. The molecule has 0 aliphatic carbocycles. The van der Waals surface area contributed by atoms with E-state index in [1.807, 2.05) is 0 Å². The van der Waals surface area contributed by atoms with E-state index < -0.39 is 0 Å². The summed E-state index contributed by atoms with van der Waals surface area (Å²) in [5.74, 6) is 1.02. The minimum absolute atomic E-state index is 0.101. The molecule has 0 spiro atoms. The van der Waals surface area contributed by atoms with Crippen molar-refractivity contribution in [2.45, 2.75) is 19.9 Å². The summed E-state index contributed by atoms with van der Waals surface area (Å²) in [5, 5.41) is 0. The number of fused-ring (bicyclic) bond motifs is 1. The summed E-state index contributed by atoms with van der Waals surface area (Å²) < 4.78 is 5.13. The molecule has 1 amide bonds. The molecule has 1 aromatic rings. The first-order chi connectivity index (χ1) is 5.77. The third-order valence-electron chi connectivity index (χ3n) is 2.12. The van der Waals surface area contributed by atoms with Gasteiger partial charge in [0.1, 0.15) is 11.5 Å². The molecule has 0 aromatic carbocycles. The summed E-state index contributed by atoms with van der Waals surface area (Å²) >= 11 is 0. The smallest absolute Gasteiger partial charge is 0.219 e. The molecule has 2 rings (SSSR count). The standard InChI is InChI=1S/C8H10N2O2/c1-6(11)10-3-2-8-7(4-10)9-5-12-8/h5H,2-4H2,1H3. The van der Waals surface area contributed by atoms with Crippen molar-refractivity contribution < 1.29 is 9.21 Å². The van der Waals surface area contributed by atoms with Gasteiger partial charge in [0, 0.05) is 19.9 Å². The number of nitrogens with zero attached hydrogens (tertiary/aromatic N) is 2. The Morgan fingerprint density at radius 2 is 2.58 bits per heavy atom. The Bertz CT molecular complexity index is 306. The lowest BCUT2D eigenvalue weighted by Gasteiger charge is -2.23. The fourth-order valence-electron chi connectivity index (χ4n) is 1.39. The second kappa shape index (κ2) is 2.62. The van der Waals surface area contributed by atoms with Gasteiger partial charge in [0.05, 0.1) is 6.54 Å². The van der Waals surface area contributed by atoms with Crippen LogP contribution in [0.15, 0.2) is 10.8 Å². The minimum Gasteiger partial charge on any atom is -0.448 e. The summed E-state index contributed by atoms with van der Waals surface area (Å²) in [6, 6.07) is 0. The Morgan fingerprint density at radius 1 is 1.75 bits per heavy atom. The molecule has 0 bridgehead atoms. The highest BCUT2D eigenvalue weighted by Crippen LogP contribution is 2.16. The van der Waals surface area contributed by atoms with E-state index in [1.165, 1.54) is 6.39 Å². The Labute approximate surface area is 70.2 Å².